The van der Waals surface area contributed by atoms with E-state index in [1.807, 2.05) is 0 Å². The smallest absolute Gasteiger partial charge is 0.0181 e. The first-order valence-electron chi connectivity index (χ1n) is 16.6. The monoisotopic (exact) mass is 780 g/mol. The number of rotatable bonds is 4. The summed E-state index contributed by atoms with van der Waals surface area (Å²) in [6.07, 6.45) is 0.964. The van der Waals surface area contributed by atoms with Crippen LogP contribution < -0.4 is 35.2 Å². The Kier molecular flexibility index (Phi) is 14.5. The van der Waals surface area contributed by atoms with Gasteiger partial charge in [0.2, 0.25) is 0 Å². The van der Waals surface area contributed by atoms with Crippen LogP contribution in [-0.2, 0) is 29.8 Å². The molecule has 1 aliphatic carbocycles. The van der Waals surface area contributed by atoms with Gasteiger partial charge in [0.15, 0.2) is 0 Å². The van der Waals surface area contributed by atoms with E-state index in [4.69, 9.17) is 0 Å². The van der Waals surface area contributed by atoms with Crippen LogP contribution >= 0.6 is 0 Å². The van der Waals surface area contributed by atoms with Crippen molar-refractivity contribution in [2.45, 2.75) is 34.1 Å². The van der Waals surface area contributed by atoms with Crippen molar-refractivity contribution in [2.75, 3.05) is 0 Å². The molecule has 0 nitrogen and oxygen atoms in total. The molecule has 4 heteroatoms. The van der Waals surface area contributed by atoms with Crippen LogP contribution in [0.2, 0.25) is 0 Å². The van der Waals surface area contributed by atoms with Crippen LogP contribution in [0.5, 0.6) is 0 Å². The van der Waals surface area contributed by atoms with Crippen LogP contribution in [0.1, 0.15) is 33.4 Å². The number of benzene rings is 6. The van der Waals surface area contributed by atoms with Gasteiger partial charge in [-0.2, -0.15) is 28.3 Å². The number of halogens is 2. The minimum Gasteiger partial charge on any atom is -0.143 e. The summed E-state index contributed by atoms with van der Waals surface area (Å²) >= 11 is 1.64. The molecule has 50 heavy (non-hydrogen) atoms. The van der Waals surface area contributed by atoms with E-state index in [1.165, 1.54) is 77.1 Å². The van der Waals surface area contributed by atoms with Crippen molar-refractivity contribution >= 4 is 15.8 Å². The predicted molar refractivity (Wildman–Crippen MR) is 203 cm³/mol. The standard InChI is InChI=1S/C25H17.C12H10Si.C9H13.2ClH.Zr/c1-3-7-18(8-4-1)20-11-13-24-22(15-20)17-23-16-21(12-14-25(23)24)19-9-5-2-6-10-19;1-3-7-11(8-4-1)13-12-9-5-2-6-10-12;1-6-5-7(2)9(4)8(6)3;;;/h1-15H,17H2;1-10H;5H,1-4H3;2*1H;/q-1;;-1;;;+2/p-2. The van der Waals surface area contributed by atoms with Gasteiger partial charge >= 0.3 is 99.8 Å². The first kappa shape index (κ1) is 39.1. The Bertz CT molecular complexity index is 1990. The summed E-state index contributed by atoms with van der Waals surface area (Å²) in [7, 11) is 0. The third-order valence-corrected chi connectivity index (χ3v) is 15.4. The number of fused-ring (bicyclic) bond motifs is 3. The molecule has 0 amide bonds. The minimum absolute atomic E-state index is 0. The van der Waals surface area contributed by atoms with Crippen molar-refractivity contribution in [3.63, 3.8) is 0 Å². The van der Waals surface area contributed by atoms with Gasteiger partial charge in [-0.05, 0) is 23.1 Å². The van der Waals surface area contributed by atoms with Crippen molar-refractivity contribution in [3.05, 3.63) is 197 Å². The fraction of sp³-hybridized carbons (Fsp3) is 0.109. The predicted octanol–water partition coefficient (Wildman–Crippen LogP) is 4.38. The number of aryl methyl sites for hydroxylation is 2. The van der Waals surface area contributed by atoms with Crippen LogP contribution in [0.25, 0.3) is 33.4 Å². The Morgan fingerprint density at radius 2 is 0.980 bits per heavy atom. The van der Waals surface area contributed by atoms with Gasteiger partial charge in [0, 0.05) is 0 Å². The molecule has 0 unspecified atom stereocenters. The fourth-order valence-corrected chi connectivity index (χ4v) is 10.1. The van der Waals surface area contributed by atoms with Gasteiger partial charge in [-0.25, -0.2) is 0 Å². The number of hydrogen-bond acceptors (Lipinski definition) is 0. The summed E-state index contributed by atoms with van der Waals surface area (Å²) in [6.45, 7) is 8.68. The molecule has 0 N–H and O–H groups in total. The maximum absolute atomic E-state index is 3.65. The van der Waals surface area contributed by atoms with E-state index < -0.39 is 5.43 Å². The normalized spacial score (nSPS) is 10.5. The first-order valence-corrected chi connectivity index (χ1v) is 21.8. The molecule has 0 bridgehead atoms. The summed E-state index contributed by atoms with van der Waals surface area (Å²) in [6, 6.07) is 59.9. The third-order valence-electron chi connectivity index (χ3n) is 9.29. The Morgan fingerprint density at radius 3 is 1.46 bits per heavy atom. The van der Waals surface area contributed by atoms with Crippen molar-refractivity contribution in [1.82, 2.24) is 0 Å². The van der Waals surface area contributed by atoms with E-state index in [1.54, 1.807) is 23.3 Å². The largest absolute Gasteiger partial charge is 0.143 e. The zero-order valence-electron chi connectivity index (χ0n) is 29.0. The van der Waals surface area contributed by atoms with E-state index in [0.717, 1.165) is 6.42 Å². The maximum Gasteiger partial charge on any atom is -0.0181 e. The van der Waals surface area contributed by atoms with E-state index >= 15 is 0 Å². The van der Waals surface area contributed by atoms with Gasteiger partial charge in [-0.3, -0.25) is 0 Å². The minimum atomic E-state index is -0.455. The molecule has 0 atom stereocenters. The fourth-order valence-electron chi connectivity index (χ4n) is 6.23. The molecule has 0 aromatic heterocycles. The zero-order valence-corrected chi connectivity index (χ0v) is 33.9. The molecular weight excluding hydrogens is 743 g/mol. The van der Waals surface area contributed by atoms with Crippen LogP contribution in [0.3, 0.4) is 0 Å². The van der Waals surface area contributed by atoms with Crippen molar-refractivity contribution in [2.24, 2.45) is 0 Å². The first-order chi connectivity index (χ1) is 23.4. The molecule has 0 spiro atoms. The summed E-state index contributed by atoms with van der Waals surface area (Å²) in [5.41, 5.74) is 15.6. The second-order valence-electron chi connectivity index (χ2n) is 12.4. The SMILES string of the molecule is Cc1[cH-]c(C)c(C)c1C.[Cl-].[Cl-].[Zr+2]=[Si](c1ccccc1)c1ccccc1.[c-]1c(-c2ccccc2)ccc2c1Cc1cc(-c3ccccc3)ccc1-2. The molecule has 248 valence electrons. The second kappa shape index (κ2) is 18.5. The molecule has 1 aliphatic rings. The Hall–Kier alpha value is -3.65. The molecule has 7 aromatic rings. The summed E-state index contributed by atoms with van der Waals surface area (Å²) in [4.78, 5) is 0. The van der Waals surface area contributed by atoms with Crippen molar-refractivity contribution in [3.8, 4) is 33.4 Å². The van der Waals surface area contributed by atoms with Gasteiger partial charge < -0.3 is 24.8 Å². The molecule has 7 aromatic carbocycles. The Balaban J connectivity index is 0.000000190. The van der Waals surface area contributed by atoms with Crippen LogP contribution in [0, 0.1) is 33.8 Å². The number of hydrogen-bond donors (Lipinski definition) is 0. The third kappa shape index (κ3) is 9.36. The molecule has 0 radical (unpaired) electrons. The molecule has 0 aliphatic heterocycles. The maximum atomic E-state index is 3.65. The van der Waals surface area contributed by atoms with Gasteiger partial charge in [0.1, 0.15) is 0 Å². The molecule has 8 rings (SSSR count). The average Bonchev–Trinajstić information content (AvgIpc) is 3.63. The molecule has 0 fully saturated rings. The van der Waals surface area contributed by atoms with Gasteiger partial charge in [-0.1, -0.05) is 123 Å². The average molecular weight is 783 g/mol. The molecular formula is C46H40Cl2SiZr-2. The van der Waals surface area contributed by atoms with Crippen LogP contribution in [0.15, 0.2) is 158 Å². The quantitative estimate of drug-likeness (QED) is 0.184. The Labute approximate surface area is 326 Å². The summed E-state index contributed by atoms with van der Waals surface area (Å²) in [5, 5.41) is 3.03. The zero-order chi connectivity index (χ0) is 33.5. The van der Waals surface area contributed by atoms with E-state index in [0.29, 0.717) is 0 Å². The van der Waals surface area contributed by atoms with Crippen LogP contribution in [0.4, 0.5) is 0 Å². The van der Waals surface area contributed by atoms with Crippen LogP contribution in [-0.4, -0.2) is 5.43 Å². The molecule has 0 saturated carbocycles. The molecule has 0 heterocycles. The Morgan fingerprint density at radius 1 is 0.520 bits per heavy atom. The summed E-state index contributed by atoms with van der Waals surface area (Å²) in [5.74, 6) is 0. The topological polar surface area (TPSA) is 0 Å². The second-order valence-corrected chi connectivity index (χ2v) is 18.0. The van der Waals surface area contributed by atoms with Gasteiger partial charge in [0.25, 0.3) is 0 Å². The van der Waals surface area contributed by atoms with E-state index in [-0.39, 0.29) is 24.8 Å². The van der Waals surface area contributed by atoms with Crippen molar-refractivity contribution in [1.29, 1.82) is 0 Å². The van der Waals surface area contributed by atoms with Crippen molar-refractivity contribution < 1.29 is 48.1 Å². The summed E-state index contributed by atoms with van der Waals surface area (Å²) < 4.78 is 0. The van der Waals surface area contributed by atoms with Gasteiger partial charge in [-0.15, -0.1) is 29.3 Å². The van der Waals surface area contributed by atoms with Gasteiger partial charge in [0.05, 0.1) is 0 Å². The molecule has 0 saturated heterocycles. The van der Waals surface area contributed by atoms with E-state index in [2.05, 4.69) is 191 Å². The van der Waals surface area contributed by atoms with E-state index in [9.17, 15) is 0 Å².